The van der Waals surface area contributed by atoms with Crippen LogP contribution < -0.4 is 5.73 Å². The van der Waals surface area contributed by atoms with Gasteiger partial charge in [0.1, 0.15) is 5.69 Å². The van der Waals surface area contributed by atoms with E-state index in [2.05, 4.69) is 10.3 Å². The monoisotopic (exact) mass is 424 g/mol. The molecule has 3 N–H and O–H groups in total. The molecule has 0 saturated carbocycles. The van der Waals surface area contributed by atoms with Crippen LogP contribution in [-0.4, -0.2) is 26.1 Å². The Balaban J connectivity index is 1.72. The molecule has 1 heterocycles. The minimum atomic E-state index is -4.42. The molecule has 4 aromatic rings. The van der Waals surface area contributed by atoms with Crippen molar-refractivity contribution in [3.05, 3.63) is 84.1 Å². The smallest absolute Gasteiger partial charge is 0.416 e. The van der Waals surface area contributed by atoms with Crippen LogP contribution in [-0.2, 0) is 6.18 Å². The van der Waals surface area contributed by atoms with Crippen molar-refractivity contribution >= 4 is 11.7 Å². The number of benzene rings is 3. The standard InChI is InChI=1S/C22H15F3N4O2/c23-22(24,25)17-5-1-14(2-6-17)20-12-29(28-27-20)19-10-15(9-16(11-19)21(30)31)13-3-7-18(26)8-4-13/h1-12H,26H2,(H,30,31). The zero-order valence-corrected chi connectivity index (χ0v) is 15.8. The van der Waals surface area contributed by atoms with E-state index in [9.17, 15) is 23.1 Å². The number of carbonyl (C=O) groups is 1. The SMILES string of the molecule is Nc1ccc(-c2cc(C(=O)O)cc(-n3cc(-c4ccc(C(F)(F)F)cc4)nn3)c2)cc1. The van der Waals surface area contributed by atoms with Gasteiger partial charge in [-0.15, -0.1) is 5.10 Å². The number of nitrogen functional groups attached to an aromatic ring is 1. The molecule has 0 atom stereocenters. The van der Waals surface area contributed by atoms with E-state index in [1.807, 2.05) is 0 Å². The summed E-state index contributed by atoms with van der Waals surface area (Å²) in [6.07, 6.45) is -2.90. The predicted octanol–water partition coefficient (Wildman–Crippen LogP) is 4.90. The molecule has 0 saturated heterocycles. The molecule has 1 aromatic heterocycles. The Hall–Kier alpha value is -4.14. The number of hydrogen-bond donors (Lipinski definition) is 2. The molecule has 0 spiro atoms. The highest BCUT2D eigenvalue weighted by Crippen LogP contribution is 2.31. The van der Waals surface area contributed by atoms with E-state index >= 15 is 0 Å². The topological polar surface area (TPSA) is 94.0 Å². The number of carboxylic acid groups (broad SMARTS) is 1. The molecule has 156 valence electrons. The number of aromatic nitrogens is 3. The average Bonchev–Trinajstić information content (AvgIpc) is 3.24. The molecule has 0 aliphatic heterocycles. The molecule has 6 nitrogen and oxygen atoms in total. The lowest BCUT2D eigenvalue weighted by atomic mass is 10.0. The Kier molecular flexibility index (Phi) is 4.94. The van der Waals surface area contributed by atoms with Crippen LogP contribution in [0.25, 0.3) is 28.1 Å². The average molecular weight is 424 g/mol. The van der Waals surface area contributed by atoms with Gasteiger partial charge < -0.3 is 10.8 Å². The lowest BCUT2D eigenvalue weighted by Gasteiger charge is -2.08. The molecular formula is C22H15F3N4O2. The number of carboxylic acids is 1. The molecule has 0 radical (unpaired) electrons. The first kappa shape index (κ1) is 20.1. The van der Waals surface area contributed by atoms with Crippen LogP contribution in [0.15, 0.2) is 72.9 Å². The van der Waals surface area contributed by atoms with E-state index < -0.39 is 17.7 Å². The second kappa shape index (κ2) is 7.60. The van der Waals surface area contributed by atoms with Crippen LogP contribution in [0.3, 0.4) is 0 Å². The second-order valence-corrected chi connectivity index (χ2v) is 6.82. The summed E-state index contributed by atoms with van der Waals surface area (Å²) in [4.78, 5) is 11.6. The molecule has 0 amide bonds. The first-order chi connectivity index (χ1) is 14.7. The number of aromatic carboxylic acids is 1. The van der Waals surface area contributed by atoms with Crippen molar-refractivity contribution in [3.8, 4) is 28.1 Å². The molecule has 0 bridgehead atoms. The van der Waals surface area contributed by atoms with Gasteiger partial charge >= 0.3 is 12.1 Å². The molecule has 31 heavy (non-hydrogen) atoms. The van der Waals surface area contributed by atoms with E-state index in [4.69, 9.17) is 5.73 Å². The van der Waals surface area contributed by atoms with Gasteiger partial charge in [-0.2, -0.15) is 13.2 Å². The van der Waals surface area contributed by atoms with E-state index in [-0.39, 0.29) is 5.56 Å². The van der Waals surface area contributed by atoms with Gasteiger partial charge in [0, 0.05) is 11.3 Å². The number of halogens is 3. The third-order valence-corrected chi connectivity index (χ3v) is 4.67. The summed E-state index contributed by atoms with van der Waals surface area (Å²) in [5, 5.41) is 17.5. The quantitative estimate of drug-likeness (QED) is 0.455. The molecule has 0 fully saturated rings. The molecule has 0 aliphatic rings. The summed E-state index contributed by atoms with van der Waals surface area (Å²) < 4.78 is 39.7. The van der Waals surface area contributed by atoms with Crippen LogP contribution in [0.1, 0.15) is 15.9 Å². The van der Waals surface area contributed by atoms with E-state index in [0.29, 0.717) is 28.2 Å². The zero-order valence-electron chi connectivity index (χ0n) is 15.8. The second-order valence-electron chi connectivity index (χ2n) is 6.82. The number of hydrogen-bond acceptors (Lipinski definition) is 4. The first-order valence-electron chi connectivity index (χ1n) is 9.05. The van der Waals surface area contributed by atoms with Crippen LogP contribution in [0.4, 0.5) is 18.9 Å². The van der Waals surface area contributed by atoms with Gasteiger partial charge in [-0.1, -0.05) is 29.5 Å². The highest BCUT2D eigenvalue weighted by molar-refractivity contribution is 5.90. The molecular weight excluding hydrogens is 409 g/mol. The molecule has 9 heteroatoms. The number of anilines is 1. The zero-order chi connectivity index (χ0) is 22.2. The maximum Gasteiger partial charge on any atom is 0.416 e. The van der Waals surface area contributed by atoms with Crippen molar-refractivity contribution in [3.63, 3.8) is 0 Å². The summed E-state index contributed by atoms with van der Waals surface area (Å²) in [6.45, 7) is 0. The van der Waals surface area contributed by atoms with Crippen LogP contribution in [0, 0.1) is 0 Å². The summed E-state index contributed by atoms with van der Waals surface area (Å²) in [5.41, 5.74) is 8.24. The minimum Gasteiger partial charge on any atom is -0.478 e. The lowest BCUT2D eigenvalue weighted by molar-refractivity contribution is -0.137. The Morgan fingerprint density at radius 1 is 0.903 bits per heavy atom. The molecule has 0 aliphatic carbocycles. The van der Waals surface area contributed by atoms with Crippen molar-refractivity contribution in [1.82, 2.24) is 15.0 Å². The van der Waals surface area contributed by atoms with Gasteiger partial charge in [-0.25, -0.2) is 9.48 Å². The molecule has 3 aromatic carbocycles. The minimum absolute atomic E-state index is 0.0518. The fraction of sp³-hybridized carbons (Fsp3) is 0.0455. The van der Waals surface area contributed by atoms with Crippen molar-refractivity contribution in [2.75, 3.05) is 5.73 Å². The van der Waals surface area contributed by atoms with Gasteiger partial charge in [0.2, 0.25) is 0 Å². The van der Waals surface area contributed by atoms with Crippen LogP contribution in [0.5, 0.6) is 0 Å². The maximum atomic E-state index is 12.8. The van der Waals surface area contributed by atoms with Gasteiger partial charge in [0.15, 0.2) is 0 Å². The highest BCUT2D eigenvalue weighted by atomic mass is 19.4. The lowest BCUT2D eigenvalue weighted by Crippen LogP contribution is -2.03. The maximum absolute atomic E-state index is 12.8. The predicted molar refractivity (Wildman–Crippen MR) is 109 cm³/mol. The number of alkyl halides is 3. The largest absolute Gasteiger partial charge is 0.478 e. The Morgan fingerprint density at radius 3 is 2.16 bits per heavy atom. The number of rotatable bonds is 4. The van der Waals surface area contributed by atoms with Crippen molar-refractivity contribution in [2.45, 2.75) is 6.18 Å². The van der Waals surface area contributed by atoms with E-state index in [0.717, 1.165) is 17.7 Å². The highest BCUT2D eigenvalue weighted by Gasteiger charge is 2.30. The Bertz CT molecular complexity index is 1250. The first-order valence-corrected chi connectivity index (χ1v) is 9.05. The normalized spacial score (nSPS) is 11.5. The summed E-state index contributed by atoms with van der Waals surface area (Å²) >= 11 is 0. The van der Waals surface area contributed by atoms with Crippen molar-refractivity contribution < 1.29 is 23.1 Å². The fourth-order valence-electron chi connectivity index (χ4n) is 3.06. The Labute approximate surface area is 174 Å². The molecule has 0 unspecified atom stereocenters. The number of nitrogens with zero attached hydrogens (tertiary/aromatic N) is 3. The molecule has 4 rings (SSSR count). The van der Waals surface area contributed by atoms with E-state index in [1.54, 1.807) is 30.3 Å². The van der Waals surface area contributed by atoms with Gasteiger partial charge in [0.25, 0.3) is 0 Å². The Morgan fingerprint density at radius 2 is 1.55 bits per heavy atom. The van der Waals surface area contributed by atoms with Gasteiger partial charge in [0.05, 0.1) is 23.0 Å². The van der Waals surface area contributed by atoms with E-state index in [1.165, 1.54) is 35.1 Å². The van der Waals surface area contributed by atoms with Crippen molar-refractivity contribution in [2.24, 2.45) is 0 Å². The summed E-state index contributed by atoms with van der Waals surface area (Å²) in [6, 6.07) is 16.2. The third kappa shape index (κ3) is 4.25. The third-order valence-electron chi connectivity index (χ3n) is 4.67. The van der Waals surface area contributed by atoms with Gasteiger partial charge in [-0.3, -0.25) is 0 Å². The van der Waals surface area contributed by atoms with Crippen LogP contribution in [0.2, 0.25) is 0 Å². The van der Waals surface area contributed by atoms with Crippen LogP contribution >= 0.6 is 0 Å². The fourth-order valence-corrected chi connectivity index (χ4v) is 3.06. The summed E-state index contributed by atoms with van der Waals surface area (Å²) in [5.74, 6) is -1.11. The van der Waals surface area contributed by atoms with Crippen molar-refractivity contribution in [1.29, 1.82) is 0 Å². The number of nitrogens with two attached hydrogens (primary N) is 1. The summed E-state index contributed by atoms with van der Waals surface area (Å²) in [7, 11) is 0. The van der Waals surface area contributed by atoms with Gasteiger partial charge in [-0.05, 0) is 53.6 Å².